The van der Waals surface area contributed by atoms with Crippen molar-refractivity contribution in [3.63, 3.8) is 0 Å². The number of aliphatic carboxylic acids is 2. The maximum absolute atomic E-state index is 10.9. The Morgan fingerprint density at radius 3 is 1.11 bits per heavy atom. The summed E-state index contributed by atoms with van der Waals surface area (Å²) in [6.45, 7) is 0. The number of benzene rings is 1. The van der Waals surface area contributed by atoms with Crippen LogP contribution in [0.15, 0.2) is 0 Å². The second kappa shape index (κ2) is 10.2. The van der Waals surface area contributed by atoms with Crippen molar-refractivity contribution in [2.75, 3.05) is 0 Å². The predicted molar refractivity (Wildman–Crippen MR) is 101 cm³/mol. The highest BCUT2D eigenvalue weighted by Gasteiger charge is 2.35. The summed E-state index contributed by atoms with van der Waals surface area (Å²) in [7, 11) is 0. The van der Waals surface area contributed by atoms with Gasteiger partial charge in [-0.15, -0.1) is 0 Å². The van der Waals surface area contributed by atoms with Gasteiger partial charge in [0, 0.05) is 0 Å². The average Bonchev–Trinajstić information content (AvgIpc) is 2.62. The topological polar surface area (TPSA) is 149 Å². The van der Waals surface area contributed by atoms with E-state index >= 15 is 0 Å². The largest absolute Gasteiger partial charge is 0.481 e. The molecule has 1 aromatic rings. The first-order valence-electron chi connectivity index (χ1n) is 7.69. The summed E-state index contributed by atoms with van der Waals surface area (Å²) in [6, 6.07) is 0. The molecule has 1 aromatic carbocycles. The molecule has 2 rings (SSSR count). The fourth-order valence-corrected chi connectivity index (χ4v) is 3.77. The van der Waals surface area contributed by atoms with Gasteiger partial charge >= 0.3 is 23.9 Å². The Bertz CT molecular complexity index is 757. The Morgan fingerprint density at radius 2 is 0.893 bits per heavy atom. The Labute approximate surface area is 178 Å². The molecule has 0 saturated heterocycles. The third-order valence-electron chi connectivity index (χ3n) is 4.10. The molecule has 12 heteroatoms. The molecule has 2 unspecified atom stereocenters. The van der Waals surface area contributed by atoms with Crippen molar-refractivity contribution in [2.24, 2.45) is 11.8 Å². The van der Waals surface area contributed by atoms with Crippen LogP contribution in [-0.4, -0.2) is 44.3 Å². The summed E-state index contributed by atoms with van der Waals surface area (Å²) >= 11 is 22.4. The lowest BCUT2D eigenvalue weighted by molar-refractivity contribution is -0.155. The number of carboxylic acids is 4. The molecule has 0 bridgehead atoms. The first-order valence-corrected chi connectivity index (χ1v) is 9.21. The summed E-state index contributed by atoms with van der Waals surface area (Å²) in [5.74, 6) is -6.39. The molecular weight excluding hydrogens is 462 g/mol. The summed E-state index contributed by atoms with van der Waals surface area (Å²) in [4.78, 5) is 42.9. The van der Waals surface area contributed by atoms with Crippen LogP contribution in [0.5, 0.6) is 0 Å². The molecule has 28 heavy (non-hydrogen) atoms. The zero-order valence-electron chi connectivity index (χ0n) is 13.9. The van der Waals surface area contributed by atoms with Crippen molar-refractivity contribution in [3.05, 3.63) is 31.2 Å². The monoisotopic (exact) mass is 474 g/mol. The molecule has 0 amide bonds. The molecule has 4 N–H and O–H groups in total. The Balaban J connectivity index is 0.000000292. The van der Waals surface area contributed by atoms with Crippen LogP contribution in [0.2, 0.25) is 20.1 Å². The molecule has 2 atom stereocenters. The van der Waals surface area contributed by atoms with E-state index in [2.05, 4.69) is 0 Å². The number of aromatic carboxylic acids is 2. The standard InChI is InChI=1S/C8H2Cl4O4.C8H12O4/c9-3-1(7(13)14)2(8(15)16)4(10)6(12)5(3)11;9-7(10)5-3-1-2-4-6(5)8(11)12/h(H,13,14)(H,15,16);5-6H,1-4H2,(H,9,10)(H,11,12). The van der Waals surface area contributed by atoms with Crippen molar-refractivity contribution in [2.45, 2.75) is 25.7 Å². The Hall–Kier alpha value is -1.74. The molecule has 1 fully saturated rings. The average molecular weight is 476 g/mol. The van der Waals surface area contributed by atoms with Gasteiger partial charge in [-0.1, -0.05) is 59.2 Å². The maximum atomic E-state index is 10.9. The van der Waals surface area contributed by atoms with Crippen molar-refractivity contribution in [1.82, 2.24) is 0 Å². The van der Waals surface area contributed by atoms with E-state index in [4.69, 9.17) is 66.8 Å². The molecule has 0 spiro atoms. The van der Waals surface area contributed by atoms with E-state index in [1.807, 2.05) is 0 Å². The second-order valence-electron chi connectivity index (χ2n) is 5.79. The zero-order valence-corrected chi connectivity index (χ0v) is 16.9. The molecule has 1 aliphatic carbocycles. The van der Waals surface area contributed by atoms with Gasteiger partial charge < -0.3 is 20.4 Å². The van der Waals surface area contributed by atoms with Gasteiger partial charge in [-0.2, -0.15) is 0 Å². The smallest absolute Gasteiger partial charge is 0.338 e. The van der Waals surface area contributed by atoms with E-state index in [1.165, 1.54) is 0 Å². The molecule has 0 aliphatic heterocycles. The highest BCUT2D eigenvalue weighted by molar-refractivity contribution is 6.53. The van der Waals surface area contributed by atoms with Crippen LogP contribution in [0.4, 0.5) is 0 Å². The van der Waals surface area contributed by atoms with Gasteiger partial charge in [0.15, 0.2) is 0 Å². The Kier molecular flexibility index (Phi) is 8.81. The van der Waals surface area contributed by atoms with Gasteiger partial charge in [-0.25, -0.2) is 9.59 Å². The zero-order chi connectivity index (χ0) is 21.8. The number of hydrogen-bond acceptors (Lipinski definition) is 4. The Morgan fingerprint density at radius 1 is 0.607 bits per heavy atom. The number of rotatable bonds is 4. The van der Waals surface area contributed by atoms with E-state index in [1.54, 1.807) is 0 Å². The molecule has 8 nitrogen and oxygen atoms in total. The minimum Gasteiger partial charge on any atom is -0.481 e. The van der Waals surface area contributed by atoms with Crippen molar-refractivity contribution >= 4 is 70.3 Å². The van der Waals surface area contributed by atoms with Crippen LogP contribution in [0.3, 0.4) is 0 Å². The third kappa shape index (κ3) is 5.41. The lowest BCUT2D eigenvalue weighted by Crippen LogP contribution is -2.32. The van der Waals surface area contributed by atoms with Crippen molar-refractivity contribution in [1.29, 1.82) is 0 Å². The first kappa shape index (κ1) is 24.3. The fourth-order valence-electron chi connectivity index (χ4n) is 2.76. The van der Waals surface area contributed by atoms with Crippen molar-refractivity contribution < 1.29 is 39.6 Å². The minimum atomic E-state index is -1.55. The number of hydrogen-bond donors (Lipinski definition) is 4. The van der Waals surface area contributed by atoms with Crippen LogP contribution >= 0.6 is 46.4 Å². The van der Waals surface area contributed by atoms with E-state index in [0.717, 1.165) is 12.8 Å². The number of halogens is 4. The highest BCUT2D eigenvalue weighted by atomic mass is 35.5. The molecule has 0 heterocycles. The second-order valence-corrected chi connectivity index (χ2v) is 7.30. The van der Waals surface area contributed by atoms with E-state index in [9.17, 15) is 19.2 Å². The molecule has 1 aliphatic rings. The van der Waals surface area contributed by atoms with Gasteiger partial charge in [0.25, 0.3) is 0 Å². The molecule has 0 radical (unpaired) electrons. The van der Waals surface area contributed by atoms with Gasteiger partial charge in [0.05, 0.1) is 43.1 Å². The van der Waals surface area contributed by atoms with Gasteiger partial charge in [0.2, 0.25) is 0 Å². The van der Waals surface area contributed by atoms with Gasteiger partial charge in [-0.05, 0) is 12.8 Å². The van der Waals surface area contributed by atoms with Crippen LogP contribution in [0, 0.1) is 11.8 Å². The molecule has 1 saturated carbocycles. The summed E-state index contributed by atoms with van der Waals surface area (Å²) < 4.78 is 0. The normalized spacial score (nSPS) is 18.6. The van der Waals surface area contributed by atoms with Crippen molar-refractivity contribution in [3.8, 4) is 0 Å². The van der Waals surface area contributed by atoms with Gasteiger partial charge in [-0.3, -0.25) is 9.59 Å². The molecule has 0 aromatic heterocycles. The van der Waals surface area contributed by atoms with Gasteiger partial charge in [0.1, 0.15) is 0 Å². The molecule has 154 valence electrons. The minimum absolute atomic E-state index is 0.296. The van der Waals surface area contributed by atoms with E-state index < -0.39 is 56.9 Å². The quantitative estimate of drug-likeness (QED) is 0.362. The fraction of sp³-hybridized carbons (Fsp3) is 0.375. The SMILES string of the molecule is O=C(O)C1CCCCC1C(=O)O.O=C(O)c1c(Cl)c(Cl)c(Cl)c(Cl)c1C(=O)O. The maximum Gasteiger partial charge on any atom is 0.338 e. The van der Waals surface area contributed by atoms with Crippen LogP contribution < -0.4 is 0 Å². The third-order valence-corrected chi connectivity index (χ3v) is 5.90. The highest BCUT2D eigenvalue weighted by Crippen LogP contribution is 2.41. The molecular formula is C16H14Cl4O8. The summed E-state index contributed by atoms with van der Waals surface area (Å²) in [5.41, 5.74) is -1.37. The number of carboxylic acid groups (broad SMARTS) is 4. The summed E-state index contributed by atoms with van der Waals surface area (Å²) in [5, 5.41) is 33.5. The predicted octanol–water partition coefficient (Wildman–Crippen LogP) is 4.66. The first-order chi connectivity index (χ1) is 12.9. The van der Waals surface area contributed by atoms with Crippen LogP contribution in [-0.2, 0) is 9.59 Å². The van der Waals surface area contributed by atoms with Crippen LogP contribution in [0.25, 0.3) is 0 Å². The lowest BCUT2D eigenvalue weighted by Gasteiger charge is -2.24. The number of carbonyl (C=O) groups is 4. The van der Waals surface area contributed by atoms with E-state index in [0.29, 0.717) is 12.8 Å². The van der Waals surface area contributed by atoms with E-state index in [-0.39, 0.29) is 10.0 Å². The summed E-state index contributed by atoms with van der Waals surface area (Å²) in [6.07, 6.45) is 2.68. The lowest BCUT2D eigenvalue weighted by atomic mass is 9.79. The van der Waals surface area contributed by atoms with Crippen LogP contribution in [0.1, 0.15) is 46.4 Å².